The Kier molecular flexibility index (Phi) is 2.08. The Labute approximate surface area is 79.8 Å². The molecule has 1 N–H and O–H groups in total. The lowest BCUT2D eigenvalue weighted by molar-refractivity contribution is -0.386. The van der Waals surface area contributed by atoms with Crippen molar-refractivity contribution < 1.29 is 9.66 Å². The van der Waals surface area contributed by atoms with Crippen molar-refractivity contribution in [2.24, 2.45) is 7.05 Å². The fourth-order valence-corrected chi connectivity index (χ4v) is 1.17. The van der Waals surface area contributed by atoms with Crippen LogP contribution < -0.4 is 10.1 Å². The highest BCUT2D eigenvalue weighted by molar-refractivity contribution is 5.38. The Morgan fingerprint density at radius 1 is 1.79 bits per heavy atom. The van der Waals surface area contributed by atoms with Crippen LogP contribution >= 0.6 is 0 Å². The van der Waals surface area contributed by atoms with Crippen molar-refractivity contribution in [3.8, 4) is 5.88 Å². The van der Waals surface area contributed by atoms with E-state index in [2.05, 4.69) is 10.4 Å². The molecule has 76 valence electrons. The van der Waals surface area contributed by atoms with Crippen LogP contribution in [-0.4, -0.2) is 33.9 Å². The van der Waals surface area contributed by atoms with Gasteiger partial charge in [0.05, 0.1) is 4.92 Å². The summed E-state index contributed by atoms with van der Waals surface area (Å²) in [6.45, 7) is 1.43. The molecule has 1 saturated heterocycles. The van der Waals surface area contributed by atoms with Gasteiger partial charge in [0, 0.05) is 20.1 Å². The van der Waals surface area contributed by atoms with Crippen LogP contribution in [0, 0.1) is 10.1 Å². The Morgan fingerprint density at radius 2 is 2.50 bits per heavy atom. The Morgan fingerprint density at radius 3 is 3.00 bits per heavy atom. The molecule has 0 radical (unpaired) electrons. The van der Waals surface area contributed by atoms with Gasteiger partial charge in [0.15, 0.2) is 0 Å². The molecule has 1 aromatic heterocycles. The second-order valence-corrected chi connectivity index (χ2v) is 3.15. The minimum absolute atomic E-state index is 0.00333. The SMILES string of the molecule is Cn1cc([N+](=O)[O-])c(OC2CNC2)n1. The monoisotopic (exact) mass is 198 g/mol. The third kappa shape index (κ3) is 1.53. The van der Waals surface area contributed by atoms with E-state index in [1.54, 1.807) is 7.05 Å². The van der Waals surface area contributed by atoms with Gasteiger partial charge in [-0.25, -0.2) is 0 Å². The molecule has 0 unspecified atom stereocenters. The molecule has 0 bridgehead atoms. The second-order valence-electron chi connectivity index (χ2n) is 3.15. The van der Waals surface area contributed by atoms with Crippen LogP contribution in [-0.2, 0) is 7.05 Å². The summed E-state index contributed by atoms with van der Waals surface area (Å²) in [4.78, 5) is 10.1. The topological polar surface area (TPSA) is 82.2 Å². The van der Waals surface area contributed by atoms with E-state index in [9.17, 15) is 10.1 Å². The van der Waals surface area contributed by atoms with E-state index in [4.69, 9.17) is 4.74 Å². The number of rotatable bonds is 3. The number of nitrogens with one attached hydrogen (secondary N) is 1. The average molecular weight is 198 g/mol. The number of nitrogens with zero attached hydrogens (tertiary/aromatic N) is 3. The zero-order valence-corrected chi connectivity index (χ0v) is 7.64. The van der Waals surface area contributed by atoms with Crippen molar-refractivity contribution in [2.75, 3.05) is 13.1 Å². The summed E-state index contributed by atoms with van der Waals surface area (Å²) in [5.74, 6) is 0.101. The van der Waals surface area contributed by atoms with Gasteiger partial charge >= 0.3 is 11.6 Å². The molecular weight excluding hydrogens is 188 g/mol. The van der Waals surface area contributed by atoms with E-state index in [1.807, 2.05) is 0 Å². The quantitative estimate of drug-likeness (QED) is 0.531. The number of nitro groups is 1. The molecule has 2 rings (SSSR count). The summed E-state index contributed by atoms with van der Waals surface area (Å²) in [5.41, 5.74) is -0.0839. The van der Waals surface area contributed by atoms with E-state index in [1.165, 1.54) is 10.9 Å². The van der Waals surface area contributed by atoms with E-state index >= 15 is 0 Å². The summed E-state index contributed by atoms with van der Waals surface area (Å²) < 4.78 is 6.70. The normalized spacial score (nSPS) is 16.4. The molecule has 1 fully saturated rings. The first-order chi connectivity index (χ1) is 6.66. The highest BCUT2D eigenvalue weighted by Gasteiger charge is 2.26. The molecule has 1 aliphatic heterocycles. The van der Waals surface area contributed by atoms with E-state index in [-0.39, 0.29) is 17.7 Å². The van der Waals surface area contributed by atoms with Gasteiger partial charge in [-0.3, -0.25) is 14.8 Å². The van der Waals surface area contributed by atoms with Gasteiger partial charge in [0.2, 0.25) is 0 Å². The first kappa shape index (κ1) is 8.95. The van der Waals surface area contributed by atoms with Gasteiger partial charge in [-0.05, 0) is 0 Å². The lowest BCUT2D eigenvalue weighted by atomic mass is 10.2. The van der Waals surface area contributed by atoms with Crippen molar-refractivity contribution >= 4 is 5.69 Å². The van der Waals surface area contributed by atoms with Crippen LogP contribution in [0.2, 0.25) is 0 Å². The molecule has 2 heterocycles. The van der Waals surface area contributed by atoms with Gasteiger partial charge in [0.1, 0.15) is 12.3 Å². The van der Waals surface area contributed by atoms with Crippen molar-refractivity contribution in [3.05, 3.63) is 16.3 Å². The molecule has 1 aliphatic rings. The zero-order chi connectivity index (χ0) is 10.1. The zero-order valence-electron chi connectivity index (χ0n) is 7.64. The van der Waals surface area contributed by atoms with Gasteiger partial charge in [-0.2, -0.15) is 0 Å². The summed E-state index contributed by atoms with van der Waals surface area (Å²) in [5, 5.41) is 17.5. The van der Waals surface area contributed by atoms with Crippen LogP contribution in [0.5, 0.6) is 5.88 Å². The van der Waals surface area contributed by atoms with Crippen molar-refractivity contribution in [3.63, 3.8) is 0 Å². The molecule has 0 saturated carbocycles. The highest BCUT2D eigenvalue weighted by Crippen LogP contribution is 2.25. The fraction of sp³-hybridized carbons (Fsp3) is 0.571. The van der Waals surface area contributed by atoms with Crippen LogP contribution in [0.4, 0.5) is 5.69 Å². The molecule has 1 aromatic rings. The van der Waals surface area contributed by atoms with Gasteiger partial charge < -0.3 is 10.1 Å². The predicted octanol–water partition coefficient (Wildman–Crippen LogP) is -0.321. The fourth-order valence-electron chi connectivity index (χ4n) is 1.17. The Hall–Kier alpha value is -1.63. The number of aryl methyl sites for hydroxylation is 1. The highest BCUT2D eigenvalue weighted by atomic mass is 16.6. The van der Waals surface area contributed by atoms with Crippen LogP contribution in [0.15, 0.2) is 6.20 Å². The molecule has 14 heavy (non-hydrogen) atoms. The first-order valence-electron chi connectivity index (χ1n) is 4.22. The third-order valence-electron chi connectivity index (χ3n) is 2.00. The Bertz CT molecular complexity index is 358. The molecule has 0 aliphatic carbocycles. The molecular formula is C7H10N4O3. The average Bonchev–Trinajstić information content (AvgIpc) is 2.39. The van der Waals surface area contributed by atoms with Crippen molar-refractivity contribution in [1.29, 1.82) is 0 Å². The predicted molar refractivity (Wildman–Crippen MR) is 47.1 cm³/mol. The molecule has 0 aromatic carbocycles. The standard InChI is InChI=1S/C7H10N4O3/c1-10-4-6(11(12)13)7(9-10)14-5-2-8-3-5/h4-5,8H,2-3H2,1H3. The van der Waals surface area contributed by atoms with Gasteiger partial charge in [0.25, 0.3) is 0 Å². The maximum atomic E-state index is 10.6. The van der Waals surface area contributed by atoms with E-state index in [0.29, 0.717) is 13.1 Å². The lowest BCUT2D eigenvalue weighted by Gasteiger charge is -2.26. The van der Waals surface area contributed by atoms with E-state index in [0.717, 1.165) is 0 Å². The summed E-state index contributed by atoms with van der Waals surface area (Å²) in [6, 6.07) is 0. The summed E-state index contributed by atoms with van der Waals surface area (Å²) in [6.07, 6.45) is 1.34. The first-order valence-corrected chi connectivity index (χ1v) is 4.22. The maximum absolute atomic E-state index is 10.6. The molecule has 7 heteroatoms. The van der Waals surface area contributed by atoms with E-state index < -0.39 is 4.92 Å². The largest absolute Gasteiger partial charge is 0.466 e. The van der Waals surface area contributed by atoms with Crippen LogP contribution in [0.1, 0.15) is 0 Å². The molecule has 0 atom stereocenters. The number of hydrogen-bond donors (Lipinski definition) is 1. The van der Waals surface area contributed by atoms with Crippen molar-refractivity contribution in [2.45, 2.75) is 6.10 Å². The second kappa shape index (κ2) is 3.26. The summed E-state index contributed by atoms with van der Waals surface area (Å²) in [7, 11) is 1.62. The minimum Gasteiger partial charge on any atom is -0.466 e. The minimum atomic E-state index is -0.492. The molecule has 0 amide bonds. The molecule has 7 nitrogen and oxygen atoms in total. The maximum Gasteiger partial charge on any atom is 0.350 e. The lowest BCUT2D eigenvalue weighted by Crippen LogP contribution is -2.50. The van der Waals surface area contributed by atoms with Crippen LogP contribution in [0.3, 0.4) is 0 Å². The molecule has 0 spiro atoms. The number of aromatic nitrogens is 2. The third-order valence-corrected chi connectivity index (χ3v) is 2.00. The smallest absolute Gasteiger partial charge is 0.350 e. The van der Waals surface area contributed by atoms with Crippen molar-refractivity contribution in [1.82, 2.24) is 15.1 Å². The number of hydrogen-bond acceptors (Lipinski definition) is 5. The van der Waals surface area contributed by atoms with Crippen LogP contribution in [0.25, 0.3) is 0 Å². The summed E-state index contributed by atoms with van der Waals surface area (Å²) >= 11 is 0. The number of ether oxygens (including phenoxy) is 1. The van der Waals surface area contributed by atoms with Gasteiger partial charge in [-0.15, -0.1) is 5.10 Å². The van der Waals surface area contributed by atoms with Gasteiger partial charge in [-0.1, -0.05) is 0 Å². The Balaban J connectivity index is 2.17.